The molecule has 0 amide bonds. The summed E-state index contributed by atoms with van der Waals surface area (Å²) in [7, 11) is 0. The first-order valence-corrected chi connectivity index (χ1v) is 5.27. The van der Waals surface area contributed by atoms with E-state index in [0.29, 0.717) is 23.6 Å². The number of aryl methyl sites for hydroxylation is 3. The molecule has 4 nitrogen and oxygen atoms in total. The fourth-order valence-corrected chi connectivity index (χ4v) is 1.77. The smallest absolute Gasteiger partial charge is 0.214 e. The van der Waals surface area contributed by atoms with Crippen LogP contribution in [0.1, 0.15) is 34.5 Å². The highest BCUT2D eigenvalue weighted by Crippen LogP contribution is 2.17. The fraction of sp³-hybridized carbons (Fsp3) is 0.333. The molecule has 2 aromatic rings. The summed E-state index contributed by atoms with van der Waals surface area (Å²) >= 11 is 0. The quantitative estimate of drug-likeness (QED) is 0.743. The maximum Gasteiger partial charge on any atom is 0.214 e. The zero-order chi connectivity index (χ0) is 11.7. The minimum Gasteiger partial charge on any atom is -0.466 e. The van der Waals surface area contributed by atoms with Crippen LogP contribution in [-0.2, 0) is 6.54 Å². The number of hydrogen-bond donors (Lipinski definition) is 0. The van der Waals surface area contributed by atoms with Gasteiger partial charge in [0.25, 0.3) is 0 Å². The van der Waals surface area contributed by atoms with Gasteiger partial charge in [0.2, 0.25) is 5.78 Å². The fourth-order valence-electron chi connectivity index (χ4n) is 1.77. The van der Waals surface area contributed by atoms with Crippen molar-refractivity contribution < 1.29 is 9.21 Å². The van der Waals surface area contributed by atoms with E-state index >= 15 is 0 Å². The van der Waals surface area contributed by atoms with Crippen LogP contribution in [-0.4, -0.2) is 15.6 Å². The molecule has 2 aromatic heterocycles. The minimum atomic E-state index is -0.0336. The van der Waals surface area contributed by atoms with Crippen LogP contribution in [0.3, 0.4) is 0 Å². The van der Waals surface area contributed by atoms with Crippen molar-refractivity contribution in [2.24, 2.45) is 0 Å². The number of carbonyl (C=O) groups excluding carboxylic acids is 1. The number of aromatic nitrogens is 2. The van der Waals surface area contributed by atoms with E-state index in [0.717, 1.165) is 5.76 Å². The Bertz CT molecular complexity index is 523. The maximum atomic E-state index is 12.2. The molecule has 0 radical (unpaired) electrons. The first-order chi connectivity index (χ1) is 7.63. The van der Waals surface area contributed by atoms with Crippen LogP contribution >= 0.6 is 0 Å². The lowest BCUT2D eigenvalue weighted by Crippen LogP contribution is -2.10. The molecule has 2 heterocycles. The lowest BCUT2D eigenvalue weighted by molar-refractivity contribution is 0.102. The van der Waals surface area contributed by atoms with E-state index in [2.05, 4.69) is 5.10 Å². The summed E-state index contributed by atoms with van der Waals surface area (Å²) in [6.45, 7) is 6.27. The van der Waals surface area contributed by atoms with Gasteiger partial charge in [-0.2, -0.15) is 5.10 Å². The van der Waals surface area contributed by atoms with E-state index in [1.165, 1.54) is 0 Å². The number of carbonyl (C=O) groups is 1. The average Bonchev–Trinajstić information content (AvgIpc) is 2.83. The Morgan fingerprint density at radius 2 is 2.25 bits per heavy atom. The minimum absolute atomic E-state index is 0.0336. The summed E-state index contributed by atoms with van der Waals surface area (Å²) in [5, 5.41) is 4.08. The van der Waals surface area contributed by atoms with Crippen LogP contribution in [0.2, 0.25) is 0 Å². The summed E-state index contributed by atoms with van der Waals surface area (Å²) in [5.74, 6) is 1.38. The van der Waals surface area contributed by atoms with Gasteiger partial charge in [0.15, 0.2) is 0 Å². The van der Waals surface area contributed by atoms with E-state index < -0.39 is 0 Å². The molecule has 0 fully saturated rings. The second kappa shape index (κ2) is 3.96. The molecule has 0 unspecified atom stereocenters. The number of furan rings is 1. The predicted octanol–water partition coefficient (Wildman–Crippen LogP) is 2.34. The van der Waals surface area contributed by atoms with E-state index in [-0.39, 0.29) is 5.78 Å². The third-order valence-corrected chi connectivity index (χ3v) is 2.53. The van der Waals surface area contributed by atoms with Crippen LogP contribution in [0.25, 0.3) is 0 Å². The Hall–Kier alpha value is -1.84. The van der Waals surface area contributed by atoms with Gasteiger partial charge < -0.3 is 4.42 Å². The molecule has 0 aromatic carbocycles. The van der Waals surface area contributed by atoms with Gasteiger partial charge in [0.1, 0.15) is 17.2 Å². The highest BCUT2D eigenvalue weighted by atomic mass is 16.3. The third-order valence-electron chi connectivity index (χ3n) is 2.53. The van der Waals surface area contributed by atoms with Gasteiger partial charge in [-0.3, -0.25) is 9.48 Å². The summed E-state index contributed by atoms with van der Waals surface area (Å²) < 4.78 is 7.04. The molecule has 2 rings (SSSR count). The Morgan fingerprint density at radius 3 is 2.81 bits per heavy atom. The van der Waals surface area contributed by atoms with Gasteiger partial charge in [-0.1, -0.05) is 0 Å². The van der Waals surface area contributed by atoms with Gasteiger partial charge in [-0.05, 0) is 32.9 Å². The highest BCUT2D eigenvalue weighted by molar-refractivity contribution is 6.08. The van der Waals surface area contributed by atoms with Crippen LogP contribution in [0.4, 0.5) is 0 Å². The van der Waals surface area contributed by atoms with Gasteiger partial charge in [0.05, 0.1) is 5.56 Å². The molecule has 0 spiro atoms. The lowest BCUT2D eigenvalue weighted by Gasteiger charge is -2.02. The van der Waals surface area contributed by atoms with Crippen molar-refractivity contribution in [1.29, 1.82) is 0 Å². The molecule has 0 aliphatic heterocycles. The molecular formula is C12H14N2O2. The second-order valence-electron chi connectivity index (χ2n) is 3.69. The van der Waals surface area contributed by atoms with Crippen molar-refractivity contribution in [3.8, 4) is 0 Å². The number of rotatable bonds is 3. The monoisotopic (exact) mass is 218 g/mol. The molecular weight excluding hydrogens is 204 g/mol. The first-order valence-electron chi connectivity index (χ1n) is 5.27. The largest absolute Gasteiger partial charge is 0.466 e. The molecule has 16 heavy (non-hydrogen) atoms. The van der Waals surface area contributed by atoms with Gasteiger partial charge >= 0.3 is 0 Å². The lowest BCUT2D eigenvalue weighted by atomic mass is 10.1. The normalized spacial score (nSPS) is 10.7. The van der Waals surface area contributed by atoms with E-state index in [1.54, 1.807) is 29.9 Å². The van der Waals surface area contributed by atoms with Crippen molar-refractivity contribution in [2.45, 2.75) is 27.3 Å². The standard InChI is InChI=1S/C12H14N2O2/c1-4-14-11(5-6-13-14)12(15)10-7-8(2)16-9(10)3/h5-7H,4H2,1-3H3. The molecule has 4 heteroatoms. The average molecular weight is 218 g/mol. The van der Waals surface area contributed by atoms with Crippen LogP contribution in [0, 0.1) is 13.8 Å². The van der Waals surface area contributed by atoms with Crippen LogP contribution < -0.4 is 0 Å². The van der Waals surface area contributed by atoms with Crippen LogP contribution in [0.5, 0.6) is 0 Å². The number of nitrogens with zero attached hydrogens (tertiary/aromatic N) is 2. The van der Waals surface area contributed by atoms with Crippen molar-refractivity contribution in [2.75, 3.05) is 0 Å². The van der Waals surface area contributed by atoms with Crippen LogP contribution in [0.15, 0.2) is 22.7 Å². The third kappa shape index (κ3) is 1.66. The van der Waals surface area contributed by atoms with Crippen molar-refractivity contribution in [1.82, 2.24) is 9.78 Å². The molecule has 0 aliphatic carbocycles. The molecule has 0 bridgehead atoms. The topological polar surface area (TPSA) is 48.0 Å². The Labute approximate surface area is 93.9 Å². The Morgan fingerprint density at radius 1 is 1.50 bits per heavy atom. The van der Waals surface area contributed by atoms with Gasteiger partial charge in [-0.25, -0.2) is 0 Å². The molecule has 0 aliphatic rings. The van der Waals surface area contributed by atoms with Gasteiger partial charge in [-0.15, -0.1) is 0 Å². The SMILES string of the molecule is CCn1nccc1C(=O)c1cc(C)oc1C. The second-order valence-corrected chi connectivity index (χ2v) is 3.69. The molecule has 0 saturated carbocycles. The molecule has 84 valence electrons. The predicted molar refractivity (Wildman–Crippen MR) is 59.5 cm³/mol. The van der Waals surface area contributed by atoms with E-state index in [1.807, 2.05) is 13.8 Å². The Kier molecular flexibility index (Phi) is 2.64. The van der Waals surface area contributed by atoms with Gasteiger partial charge in [0, 0.05) is 12.7 Å². The zero-order valence-electron chi connectivity index (χ0n) is 9.65. The maximum absolute atomic E-state index is 12.2. The van der Waals surface area contributed by atoms with Crippen molar-refractivity contribution >= 4 is 5.78 Å². The van der Waals surface area contributed by atoms with Crippen molar-refractivity contribution in [3.63, 3.8) is 0 Å². The number of hydrogen-bond acceptors (Lipinski definition) is 3. The van der Waals surface area contributed by atoms with E-state index in [9.17, 15) is 4.79 Å². The summed E-state index contributed by atoms with van der Waals surface area (Å²) in [6.07, 6.45) is 1.64. The Balaban J connectivity index is 2.43. The molecule has 0 N–H and O–H groups in total. The summed E-state index contributed by atoms with van der Waals surface area (Å²) in [5.41, 5.74) is 1.22. The van der Waals surface area contributed by atoms with Crippen molar-refractivity contribution in [3.05, 3.63) is 41.1 Å². The first kappa shape index (κ1) is 10.7. The molecule has 0 atom stereocenters. The summed E-state index contributed by atoms with van der Waals surface area (Å²) in [4.78, 5) is 12.2. The highest BCUT2D eigenvalue weighted by Gasteiger charge is 2.18. The zero-order valence-corrected chi connectivity index (χ0v) is 9.65. The van der Waals surface area contributed by atoms with E-state index in [4.69, 9.17) is 4.42 Å². The number of ketones is 1. The molecule has 0 saturated heterocycles. The summed E-state index contributed by atoms with van der Waals surface area (Å²) in [6, 6.07) is 3.50.